The van der Waals surface area contributed by atoms with Crippen LogP contribution in [-0.4, -0.2) is 75.8 Å². The Bertz CT molecular complexity index is 1610. The number of carbonyl (C=O) groups is 2. The van der Waals surface area contributed by atoms with Crippen LogP contribution in [0.5, 0.6) is 0 Å². The molecular formula is C27H31N11O2. The van der Waals surface area contributed by atoms with Gasteiger partial charge in [-0.2, -0.15) is 10.2 Å². The highest BCUT2D eigenvalue weighted by molar-refractivity contribution is 6.13. The van der Waals surface area contributed by atoms with Gasteiger partial charge in [0.25, 0.3) is 5.91 Å². The average molecular weight is 542 g/mol. The molecule has 3 aromatic heterocycles. The minimum absolute atomic E-state index is 0.129. The zero-order valence-corrected chi connectivity index (χ0v) is 22.3. The molecule has 0 bridgehead atoms. The van der Waals surface area contributed by atoms with Crippen LogP contribution < -0.4 is 11.1 Å². The van der Waals surface area contributed by atoms with Crippen molar-refractivity contribution in [1.29, 1.82) is 0 Å². The van der Waals surface area contributed by atoms with Crippen LogP contribution >= 0.6 is 0 Å². The molecule has 13 heteroatoms. The van der Waals surface area contributed by atoms with E-state index < -0.39 is 5.91 Å². The van der Waals surface area contributed by atoms with Crippen molar-refractivity contribution in [2.24, 2.45) is 0 Å². The lowest BCUT2D eigenvalue weighted by Gasteiger charge is -2.32. The van der Waals surface area contributed by atoms with E-state index in [4.69, 9.17) is 5.73 Å². The third-order valence-corrected chi connectivity index (χ3v) is 7.65. The maximum atomic E-state index is 13.5. The van der Waals surface area contributed by atoms with Crippen LogP contribution in [-0.2, 0) is 24.4 Å². The van der Waals surface area contributed by atoms with Crippen LogP contribution in [0.3, 0.4) is 0 Å². The van der Waals surface area contributed by atoms with Crippen LogP contribution in [0.1, 0.15) is 46.3 Å². The van der Waals surface area contributed by atoms with Gasteiger partial charge in [0.2, 0.25) is 5.91 Å². The number of amides is 2. The fourth-order valence-electron chi connectivity index (χ4n) is 5.52. The fourth-order valence-corrected chi connectivity index (χ4v) is 5.52. The number of aromatic nitrogens is 7. The summed E-state index contributed by atoms with van der Waals surface area (Å²) in [5, 5.41) is 12.3. The predicted octanol–water partition coefficient (Wildman–Crippen LogP) is 1.93. The standard InChI is InChI=1S/C27H31N11O2/c1-3-22(39)36-8-4-5-20(13-36)38-26-23(25(28)30-15-31-26)24(34-38)27(40)33-19-7-6-18(17(2)11-19)12-35-9-10-37-21(14-35)29-16-32-37/h3,6-7,11,15-16,20H,1,4-5,8-10,12-14H2,2H3,(H,33,40)(H2,28,30,31)/t20-/m1/s1. The number of anilines is 2. The molecule has 0 radical (unpaired) electrons. The van der Waals surface area contributed by atoms with Gasteiger partial charge in [-0.05, 0) is 49.1 Å². The Morgan fingerprint density at radius 1 is 1.18 bits per heavy atom. The van der Waals surface area contributed by atoms with Gasteiger partial charge in [-0.25, -0.2) is 24.3 Å². The quantitative estimate of drug-likeness (QED) is 0.349. The second-order valence-corrected chi connectivity index (χ2v) is 10.2. The minimum Gasteiger partial charge on any atom is -0.383 e. The van der Waals surface area contributed by atoms with E-state index in [1.165, 1.54) is 18.0 Å². The molecule has 3 N–H and O–H groups in total. The Balaban J connectivity index is 1.21. The van der Waals surface area contributed by atoms with Crippen molar-refractivity contribution < 1.29 is 9.59 Å². The molecule has 6 rings (SSSR count). The summed E-state index contributed by atoms with van der Waals surface area (Å²) in [4.78, 5) is 42.7. The summed E-state index contributed by atoms with van der Waals surface area (Å²) in [7, 11) is 0. The first-order chi connectivity index (χ1) is 19.4. The van der Waals surface area contributed by atoms with Gasteiger partial charge in [0.05, 0.1) is 24.5 Å². The lowest BCUT2D eigenvalue weighted by Crippen LogP contribution is -2.40. The van der Waals surface area contributed by atoms with Gasteiger partial charge in [0.1, 0.15) is 24.3 Å². The summed E-state index contributed by atoms with van der Waals surface area (Å²) < 4.78 is 3.65. The molecule has 1 saturated heterocycles. The van der Waals surface area contributed by atoms with Crippen LogP contribution in [0, 0.1) is 6.92 Å². The van der Waals surface area contributed by atoms with Crippen molar-refractivity contribution in [1.82, 2.24) is 44.3 Å². The summed E-state index contributed by atoms with van der Waals surface area (Å²) in [5.74, 6) is 0.620. The number of hydrogen-bond donors (Lipinski definition) is 2. The van der Waals surface area contributed by atoms with Crippen molar-refractivity contribution in [2.75, 3.05) is 30.7 Å². The first-order valence-corrected chi connectivity index (χ1v) is 13.3. The Morgan fingerprint density at radius 3 is 2.88 bits per heavy atom. The van der Waals surface area contributed by atoms with E-state index in [0.717, 1.165) is 50.4 Å². The normalized spacial score (nSPS) is 17.5. The highest BCUT2D eigenvalue weighted by Gasteiger charge is 2.29. The predicted molar refractivity (Wildman–Crippen MR) is 148 cm³/mol. The number of nitrogens with two attached hydrogens (primary N) is 1. The third-order valence-electron chi connectivity index (χ3n) is 7.65. The summed E-state index contributed by atoms with van der Waals surface area (Å²) in [5.41, 5.74) is 9.73. The molecule has 2 aliphatic heterocycles. The SMILES string of the molecule is C=CC(=O)N1CCC[C@@H](n2nc(C(=O)Nc3ccc(CN4CCn5ncnc5C4)c(C)c3)c3c(N)ncnc32)C1. The fraction of sp³-hybridized carbons (Fsp3) is 0.370. The summed E-state index contributed by atoms with van der Waals surface area (Å²) >= 11 is 0. The largest absolute Gasteiger partial charge is 0.383 e. The van der Waals surface area contributed by atoms with E-state index >= 15 is 0 Å². The number of nitrogens with zero attached hydrogens (tertiary/aromatic N) is 9. The van der Waals surface area contributed by atoms with E-state index in [9.17, 15) is 9.59 Å². The maximum Gasteiger partial charge on any atom is 0.277 e. The maximum absolute atomic E-state index is 13.5. The van der Waals surface area contributed by atoms with Gasteiger partial charge in [0, 0.05) is 31.9 Å². The molecule has 0 unspecified atom stereocenters. The molecule has 5 heterocycles. The molecule has 13 nitrogen and oxygen atoms in total. The Hall–Kier alpha value is -4.65. The summed E-state index contributed by atoms with van der Waals surface area (Å²) in [6.45, 7) is 9.98. The average Bonchev–Trinajstić information content (AvgIpc) is 3.59. The molecule has 40 heavy (non-hydrogen) atoms. The monoisotopic (exact) mass is 541 g/mol. The number of carbonyl (C=O) groups excluding carboxylic acids is 2. The lowest BCUT2D eigenvalue weighted by atomic mass is 10.1. The molecule has 2 aliphatic rings. The molecule has 0 spiro atoms. The van der Waals surface area contributed by atoms with E-state index in [1.807, 2.05) is 29.8 Å². The Kier molecular flexibility index (Phi) is 6.72. The zero-order chi connectivity index (χ0) is 27.8. The number of likely N-dealkylation sites (tertiary alicyclic amines) is 1. The zero-order valence-electron chi connectivity index (χ0n) is 22.3. The molecule has 206 valence electrons. The van der Waals surface area contributed by atoms with Gasteiger partial charge in [-0.3, -0.25) is 14.5 Å². The third kappa shape index (κ3) is 4.79. The summed E-state index contributed by atoms with van der Waals surface area (Å²) in [6.07, 6.45) is 5.87. The second kappa shape index (κ2) is 10.5. The van der Waals surface area contributed by atoms with E-state index in [-0.39, 0.29) is 23.5 Å². The van der Waals surface area contributed by atoms with Crippen LogP contribution in [0.15, 0.2) is 43.5 Å². The molecule has 0 saturated carbocycles. The first-order valence-electron chi connectivity index (χ1n) is 13.3. The first kappa shape index (κ1) is 25.6. The number of rotatable bonds is 6. The highest BCUT2D eigenvalue weighted by Crippen LogP contribution is 2.29. The molecule has 0 aliphatic carbocycles. The van der Waals surface area contributed by atoms with Gasteiger partial charge in [0.15, 0.2) is 11.3 Å². The van der Waals surface area contributed by atoms with Crippen molar-refractivity contribution >= 4 is 34.4 Å². The minimum atomic E-state index is -0.400. The number of benzene rings is 1. The molecule has 1 aromatic carbocycles. The molecule has 2 amide bonds. The van der Waals surface area contributed by atoms with E-state index in [0.29, 0.717) is 29.8 Å². The summed E-state index contributed by atoms with van der Waals surface area (Å²) in [6, 6.07) is 5.73. The number of nitrogen functional groups attached to an aromatic ring is 1. The highest BCUT2D eigenvalue weighted by atomic mass is 16.2. The number of aryl methyl sites for hydroxylation is 1. The van der Waals surface area contributed by atoms with E-state index in [1.54, 1.807) is 15.9 Å². The van der Waals surface area contributed by atoms with Crippen molar-refractivity contribution in [3.8, 4) is 0 Å². The molecule has 4 aromatic rings. The van der Waals surface area contributed by atoms with Crippen LogP contribution in [0.25, 0.3) is 11.0 Å². The van der Waals surface area contributed by atoms with Crippen LogP contribution in [0.4, 0.5) is 11.5 Å². The lowest BCUT2D eigenvalue weighted by molar-refractivity contribution is -0.127. The smallest absolute Gasteiger partial charge is 0.277 e. The number of fused-ring (bicyclic) bond motifs is 2. The van der Waals surface area contributed by atoms with Crippen molar-refractivity contribution in [3.05, 3.63) is 66.2 Å². The van der Waals surface area contributed by atoms with E-state index in [2.05, 4.69) is 41.9 Å². The Morgan fingerprint density at radius 2 is 2.05 bits per heavy atom. The van der Waals surface area contributed by atoms with Gasteiger partial charge >= 0.3 is 0 Å². The molecular weight excluding hydrogens is 510 g/mol. The number of hydrogen-bond acceptors (Lipinski definition) is 9. The number of piperidine rings is 1. The van der Waals surface area contributed by atoms with Gasteiger partial charge in [-0.15, -0.1) is 0 Å². The second-order valence-electron chi connectivity index (χ2n) is 10.2. The topological polar surface area (TPSA) is 153 Å². The van der Waals surface area contributed by atoms with Crippen molar-refractivity contribution in [3.63, 3.8) is 0 Å². The van der Waals surface area contributed by atoms with Gasteiger partial charge < -0.3 is 16.0 Å². The van der Waals surface area contributed by atoms with Gasteiger partial charge in [-0.1, -0.05) is 12.6 Å². The Labute approximate surface area is 230 Å². The molecule has 1 atom stereocenters. The molecule has 1 fully saturated rings. The van der Waals surface area contributed by atoms with Crippen molar-refractivity contribution in [2.45, 2.75) is 45.4 Å². The van der Waals surface area contributed by atoms with Crippen LogP contribution in [0.2, 0.25) is 0 Å². The number of nitrogens with one attached hydrogen (secondary N) is 1.